The van der Waals surface area contributed by atoms with Crippen LogP contribution in [-0.2, 0) is 6.54 Å². The van der Waals surface area contributed by atoms with Crippen molar-refractivity contribution in [2.75, 3.05) is 13.1 Å². The molecule has 0 bridgehead atoms. The fourth-order valence-electron chi connectivity index (χ4n) is 3.74. The molecule has 3 N–H and O–H groups in total. The number of benzene rings is 2. The number of aromatic nitrogens is 1. The highest BCUT2D eigenvalue weighted by atomic mass is 19.1. The molecule has 1 fully saturated rings. The van der Waals surface area contributed by atoms with Gasteiger partial charge in [-0.3, -0.25) is 15.0 Å². The zero-order chi connectivity index (χ0) is 20.2. The number of carbonyl (C=O) groups excluding carboxylic acids is 2. The smallest absolute Gasteiger partial charge is 0.321 e. The zero-order valence-electron chi connectivity index (χ0n) is 16.0. The lowest BCUT2D eigenvalue weighted by atomic mass is 10.0. The highest BCUT2D eigenvalue weighted by Gasteiger charge is 2.22. The lowest BCUT2D eigenvalue weighted by molar-refractivity contribution is 0.0961. The summed E-state index contributed by atoms with van der Waals surface area (Å²) in [5.41, 5.74) is 2.66. The van der Waals surface area contributed by atoms with Gasteiger partial charge in [-0.2, -0.15) is 0 Å². The number of urea groups is 1. The molecular formula is C22H23FN4O2. The van der Waals surface area contributed by atoms with E-state index in [0.29, 0.717) is 0 Å². The minimum Gasteiger partial charge on any atom is -0.361 e. The van der Waals surface area contributed by atoms with Crippen LogP contribution in [0.5, 0.6) is 0 Å². The number of hydrogen-bond acceptors (Lipinski definition) is 3. The average molecular weight is 394 g/mol. The molecule has 0 radical (unpaired) electrons. The molecule has 4 rings (SSSR count). The van der Waals surface area contributed by atoms with Crippen molar-refractivity contribution in [2.24, 2.45) is 0 Å². The second-order valence-electron chi connectivity index (χ2n) is 7.34. The number of amides is 3. The third kappa shape index (κ3) is 4.63. The number of rotatable bonds is 4. The number of halogens is 1. The summed E-state index contributed by atoms with van der Waals surface area (Å²) in [5, 5.41) is 6.41. The van der Waals surface area contributed by atoms with Crippen molar-refractivity contribution in [3.63, 3.8) is 0 Å². The van der Waals surface area contributed by atoms with E-state index in [1.165, 1.54) is 35.2 Å². The number of nitrogens with zero attached hydrogens (tertiary/aromatic N) is 1. The van der Waals surface area contributed by atoms with Crippen LogP contribution in [0.3, 0.4) is 0 Å². The van der Waals surface area contributed by atoms with Crippen molar-refractivity contribution in [1.82, 2.24) is 20.5 Å². The summed E-state index contributed by atoms with van der Waals surface area (Å²) in [6.45, 7) is 2.61. The number of carbonyl (C=O) groups is 2. The Morgan fingerprint density at radius 1 is 1.07 bits per heavy atom. The van der Waals surface area contributed by atoms with Crippen LogP contribution in [-0.4, -0.2) is 41.0 Å². The Bertz CT molecular complexity index is 1010. The van der Waals surface area contributed by atoms with Crippen molar-refractivity contribution < 1.29 is 14.0 Å². The fourth-order valence-corrected chi connectivity index (χ4v) is 3.74. The lowest BCUT2D eigenvalue weighted by Crippen LogP contribution is -2.49. The Kier molecular flexibility index (Phi) is 5.57. The number of fused-ring (bicyclic) bond motifs is 1. The molecule has 3 aromatic rings. The number of para-hydroxylation sites is 1. The standard InChI is InChI=1S/C22H23FN4O2/c23-17-7-5-15(6-8-17)21(28)26-22(29)25-18-9-11-27(12-10-18)14-16-13-24-20-4-2-1-3-19(16)20/h1-8,13,18,24H,9-12,14H2,(H2,25,26,28,29). The number of H-pyrrole nitrogens is 1. The van der Waals surface area contributed by atoms with Gasteiger partial charge in [0.05, 0.1) is 0 Å². The summed E-state index contributed by atoms with van der Waals surface area (Å²) in [6, 6.07) is 12.8. The summed E-state index contributed by atoms with van der Waals surface area (Å²) in [7, 11) is 0. The third-order valence-corrected chi connectivity index (χ3v) is 5.33. The number of aromatic amines is 1. The maximum Gasteiger partial charge on any atom is 0.321 e. The van der Waals surface area contributed by atoms with Gasteiger partial charge >= 0.3 is 6.03 Å². The third-order valence-electron chi connectivity index (χ3n) is 5.33. The molecule has 7 heteroatoms. The Morgan fingerprint density at radius 2 is 1.79 bits per heavy atom. The van der Waals surface area contributed by atoms with Crippen LogP contribution in [0.4, 0.5) is 9.18 Å². The van der Waals surface area contributed by atoms with Gasteiger partial charge in [-0.1, -0.05) is 18.2 Å². The molecule has 0 saturated carbocycles. The van der Waals surface area contributed by atoms with E-state index in [2.05, 4.69) is 38.8 Å². The minimum atomic E-state index is -0.542. The SMILES string of the molecule is O=C(NC(=O)c1ccc(F)cc1)NC1CCN(Cc2c[nH]c3ccccc23)CC1. The molecule has 1 aliphatic rings. The Hall–Kier alpha value is -3.19. The Balaban J connectivity index is 1.24. The summed E-state index contributed by atoms with van der Waals surface area (Å²) in [6.07, 6.45) is 3.70. The van der Waals surface area contributed by atoms with Gasteiger partial charge in [0.2, 0.25) is 0 Å². The largest absolute Gasteiger partial charge is 0.361 e. The van der Waals surface area contributed by atoms with Crippen LogP contribution < -0.4 is 10.6 Å². The van der Waals surface area contributed by atoms with E-state index in [1.54, 1.807) is 0 Å². The van der Waals surface area contributed by atoms with Crippen molar-refractivity contribution in [2.45, 2.75) is 25.4 Å². The maximum atomic E-state index is 12.9. The van der Waals surface area contributed by atoms with E-state index in [9.17, 15) is 14.0 Å². The summed E-state index contributed by atoms with van der Waals surface area (Å²) in [5.74, 6) is -0.968. The Labute approximate surface area is 168 Å². The van der Waals surface area contributed by atoms with E-state index >= 15 is 0 Å². The first-order valence-corrected chi connectivity index (χ1v) is 9.73. The van der Waals surface area contributed by atoms with E-state index in [1.807, 2.05) is 12.1 Å². The average Bonchev–Trinajstić information content (AvgIpc) is 3.13. The lowest BCUT2D eigenvalue weighted by Gasteiger charge is -2.32. The number of likely N-dealkylation sites (tertiary alicyclic amines) is 1. The second kappa shape index (κ2) is 8.45. The van der Waals surface area contributed by atoms with Gasteiger partial charge in [-0.15, -0.1) is 0 Å². The molecule has 2 heterocycles. The number of hydrogen-bond donors (Lipinski definition) is 3. The predicted molar refractivity (Wildman–Crippen MR) is 109 cm³/mol. The molecule has 0 unspecified atom stereocenters. The van der Waals surface area contributed by atoms with Crippen LogP contribution in [0, 0.1) is 5.82 Å². The predicted octanol–water partition coefficient (Wildman–Crippen LogP) is 3.41. The highest BCUT2D eigenvalue weighted by Crippen LogP contribution is 2.21. The minimum absolute atomic E-state index is 0.0234. The molecule has 0 spiro atoms. The van der Waals surface area contributed by atoms with Gasteiger partial charge in [-0.25, -0.2) is 9.18 Å². The van der Waals surface area contributed by atoms with Crippen molar-refractivity contribution in [1.29, 1.82) is 0 Å². The van der Waals surface area contributed by atoms with Crippen LogP contribution in [0.25, 0.3) is 10.9 Å². The highest BCUT2D eigenvalue weighted by molar-refractivity contribution is 6.04. The van der Waals surface area contributed by atoms with Crippen LogP contribution >= 0.6 is 0 Å². The maximum absolute atomic E-state index is 12.9. The molecule has 1 aromatic heterocycles. The Morgan fingerprint density at radius 3 is 2.55 bits per heavy atom. The second-order valence-corrected chi connectivity index (χ2v) is 7.34. The van der Waals surface area contributed by atoms with Gasteiger partial charge in [0, 0.05) is 48.3 Å². The number of imide groups is 1. The molecule has 2 aromatic carbocycles. The van der Waals surface area contributed by atoms with Crippen molar-refractivity contribution >= 4 is 22.8 Å². The topological polar surface area (TPSA) is 77.2 Å². The first-order valence-electron chi connectivity index (χ1n) is 9.73. The first-order chi connectivity index (χ1) is 14.1. The molecule has 3 amide bonds. The molecule has 1 aliphatic heterocycles. The first kappa shape index (κ1) is 19.1. The van der Waals surface area contributed by atoms with Crippen molar-refractivity contribution in [3.05, 3.63) is 71.7 Å². The fraction of sp³-hybridized carbons (Fsp3) is 0.273. The van der Waals surface area contributed by atoms with Gasteiger partial charge in [0.25, 0.3) is 5.91 Å². The summed E-state index contributed by atoms with van der Waals surface area (Å²) >= 11 is 0. The molecule has 6 nitrogen and oxygen atoms in total. The quantitative estimate of drug-likeness (QED) is 0.635. The van der Waals surface area contributed by atoms with Crippen LogP contribution in [0.15, 0.2) is 54.7 Å². The number of nitrogens with one attached hydrogen (secondary N) is 3. The van der Waals surface area contributed by atoms with E-state index in [-0.39, 0.29) is 11.6 Å². The molecule has 29 heavy (non-hydrogen) atoms. The van der Waals surface area contributed by atoms with Crippen LogP contribution in [0.2, 0.25) is 0 Å². The van der Waals surface area contributed by atoms with Crippen molar-refractivity contribution in [3.8, 4) is 0 Å². The monoisotopic (exact) mass is 394 g/mol. The zero-order valence-corrected chi connectivity index (χ0v) is 16.0. The van der Waals surface area contributed by atoms with E-state index < -0.39 is 17.8 Å². The van der Waals surface area contributed by atoms with E-state index in [4.69, 9.17) is 0 Å². The van der Waals surface area contributed by atoms with Crippen LogP contribution in [0.1, 0.15) is 28.8 Å². The summed E-state index contributed by atoms with van der Waals surface area (Å²) < 4.78 is 12.9. The van der Waals surface area contributed by atoms with Gasteiger partial charge in [0.15, 0.2) is 0 Å². The molecule has 1 saturated heterocycles. The molecule has 0 atom stereocenters. The molecular weight excluding hydrogens is 371 g/mol. The van der Waals surface area contributed by atoms with Gasteiger partial charge in [0.1, 0.15) is 5.82 Å². The molecule has 0 aliphatic carbocycles. The van der Waals surface area contributed by atoms with Gasteiger partial charge in [-0.05, 0) is 48.7 Å². The molecule has 150 valence electrons. The van der Waals surface area contributed by atoms with E-state index in [0.717, 1.165) is 38.0 Å². The van der Waals surface area contributed by atoms with Gasteiger partial charge < -0.3 is 10.3 Å². The normalized spacial score (nSPS) is 15.3. The number of piperidine rings is 1. The summed E-state index contributed by atoms with van der Waals surface area (Å²) in [4.78, 5) is 29.8.